The Morgan fingerprint density at radius 3 is 2.38 bits per heavy atom. The maximum absolute atomic E-state index is 14.0. The van der Waals surface area contributed by atoms with E-state index in [1.807, 2.05) is 19.1 Å². The second kappa shape index (κ2) is 8.34. The number of hydrogen-bond donors (Lipinski definition) is 2. The van der Waals surface area contributed by atoms with Crippen LogP contribution in [0.3, 0.4) is 0 Å². The number of hydrogen-bond acceptors (Lipinski definition) is 4. The van der Waals surface area contributed by atoms with Crippen LogP contribution in [0.2, 0.25) is 0 Å². The van der Waals surface area contributed by atoms with Crippen molar-refractivity contribution in [3.8, 4) is 0 Å². The first kappa shape index (κ1) is 20.4. The zero-order valence-electron chi connectivity index (χ0n) is 16.8. The third-order valence-electron chi connectivity index (χ3n) is 4.75. The molecule has 0 bridgehead atoms. The summed E-state index contributed by atoms with van der Waals surface area (Å²) < 4.78 is 14.0. The third kappa shape index (κ3) is 4.56. The number of carbonyl (C=O) groups is 2. The molecule has 2 aromatic carbocycles. The van der Waals surface area contributed by atoms with Gasteiger partial charge in [-0.3, -0.25) is 9.59 Å². The molecule has 150 valence electrons. The Hall–Kier alpha value is -3.35. The molecule has 0 spiro atoms. The molecule has 1 atom stereocenters. The lowest BCUT2D eigenvalue weighted by Gasteiger charge is -2.16. The van der Waals surface area contributed by atoms with Gasteiger partial charge in [0.1, 0.15) is 11.3 Å². The standard InChI is InChI=1S/C22H23FN4O2/c1-5-20(28)27-17-8-6-15(7-9-17)14(4)26-22(29)18-10-16(23)11-19-21(18)25-13(3)12(2)24-19/h6-11,14H,5H2,1-4H3,(H,26,29)(H,27,28). The molecular formula is C22H23FN4O2. The first-order valence-electron chi connectivity index (χ1n) is 9.43. The van der Waals surface area contributed by atoms with E-state index >= 15 is 0 Å². The van der Waals surface area contributed by atoms with E-state index in [2.05, 4.69) is 20.6 Å². The van der Waals surface area contributed by atoms with Gasteiger partial charge in [-0.05, 0) is 44.5 Å². The van der Waals surface area contributed by atoms with E-state index in [0.29, 0.717) is 34.5 Å². The molecule has 3 rings (SSSR count). The smallest absolute Gasteiger partial charge is 0.254 e. The Morgan fingerprint density at radius 1 is 1.07 bits per heavy atom. The molecule has 0 saturated carbocycles. The van der Waals surface area contributed by atoms with E-state index in [1.165, 1.54) is 12.1 Å². The van der Waals surface area contributed by atoms with E-state index < -0.39 is 11.7 Å². The highest BCUT2D eigenvalue weighted by molar-refractivity contribution is 6.05. The van der Waals surface area contributed by atoms with Crippen molar-refractivity contribution in [3.05, 3.63) is 64.7 Å². The number of amides is 2. The molecule has 29 heavy (non-hydrogen) atoms. The van der Waals surface area contributed by atoms with Gasteiger partial charge in [-0.2, -0.15) is 0 Å². The fourth-order valence-corrected chi connectivity index (χ4v) is 2.93. The summed E-state index contributed by atoms with van der Waals surface area (Å²) >= 11 is 0. The molecule has 2 N–H and O–H groups in total. The summed E-state index contributed by atoms with van der Waals surface area (Å²) in [4.78, 5) is 33.1. The van der Waals surface area contributed by atoms with Crippen LogP contribution in [0.4, 0.5) is 10.1 Å². The number of halogens is 1. The number of carbonyl (C=O) groups excluding carboxylic acids is 2. The minimum Gasteiger partial charge on any atom is -0.345 e. The Morgan fingerprint density at radius 2 is 1.72 bits per heavy atom. The fraction of sp³-hybridized carbons (Fsp3) is 0.273. The van der Waals surface area contributed by atoms with Crippen LogP contribution in [-0.4, -0.2) is 21.8 Å². The van der Waals surface area contributed by atoms with Crippen molar-refractivity contribution >= 4 is 28.5 Å². The highest BCUT2D eigenvalue weighted by Gasteiger charge is 2.18. The van der Waals surface area contributed by atoms with Crippen LogP contribution in [0.5, 0.6) is 0 Å². The van der Waals surface area contributed by atoms with Crippen molar-refractivity contribution in [3.63, 3.8) is 0 Å². The number of rotatable bonds is 5. The number of fused-ring (bicyclic) bond motifs is 1. The molecule has 0 fully saturated rings. The molecule has 1 unspecified atom stereocenters. The first-order valence-corrected chi connectivity index (χ1v) is 9.43. The van der Waals surface area contributed by atoms with Gasteiger partial charge in [0.25, 0.3) is 5.91 Å². The average molecular weight is 394 g/mol. The SMILES string of the molecule is CCC(=O)Nc1ccc(C(C)NC(=O)c2cc(F)cc3nc(C)c(C)nc23)cc1. The molecule has 0 aliphatic heterocycles. The maximum Gasteiger partial charge on any atom is 0.254 e. The first-order chi connectivity index (χ1) is 13.8. The Bertz CT molecular complexity index is 1080. The summed E-state index contributed by atoms with van der Waals surface area (Å²) in [6.07, 6.45) is 0.400. The van der Waals surface area contributed by atoms with Gasteiger partial charge in [-0.25, -0.2) is 14.4 Å². The van der Waals surface area contributed by atoms with Crippen molar-refractivity contribution in [2.75, 3.05) is 5.32 Å². The van der Waals surface area contributed by atoms with E-state index in [1.54, 1.807) is 32.9 Å². The second-order valence-electron chi connectivity index (χ2n) is 6.93. The van der Waals surface area contributed by atoms with Crippen LogP contribution in [0, 0.1) is 19.7 Å². The fourth-order valence-electron chi connectivity index (χ4n) is 2.93. The lowest BCUT2D eigenvalue weighted by Crippen LogP contribution is -2.27. The highest BCUT2D eigenvalue weighted by Crippen LogP contribution is 2.21. The zero-order valence-corrected chi connectivity index (χ0v) is 16.8. The van der Waals surface area contributed by atoms with Gasteiger partial charge >= 0.3 is 0 Å². The third-order valence-corrected chi connectivity index (χ3v) is 4.75. The predicted octanol–water partition coefficient (Wildman–Crippen LogP) is 4.23. The average Bonchev–Trinajstić information content (AvgIpc) is 2.69. The number of aromatic nitrogens is 2. The lowest BCUT2D eigenvalue weighted by atomic mass is 10.1. The van der Waals surface area contributed by atoms with Gasteiger partial charge in [-0.1, -0.05) is 19.1 Å². The zero-order chi connectivity index (χ0) is 21.1. The van der Waals surface area contributed by atoms with Crippen molar-refractivity contribution < 1.29 is 14.0 Å². The van der Waals surface area contributed by atoms with Crippen molar-refractivity contribution in [1.29, 1.82) is 0 Å². The highest BCUT2D eigenvalue weighted by atomic mass is 19.1. The maximum atomic E-state index is 14.0. The summed E-state index contributed by atoms with van der Waals surface area (Å²) in [5, 5.41) is 5.65. The molecule has 0 saturated heterocycles. The summed E-state index contributed by atoms with van der Waals surface area (Å²) in [6.45, 7) is 7.21. The second-order valence-corrected chi connectivity index (χ2v) is 6.93. The molecule has 0 aliphatic carbocycles. The van der Waals surface area contributed by atoms with Crippen molar-refractivity contribution in [1.82, 2.24) is 15.3 Å². The quantitative estimate of drug-likeness (QED) is 0.678. The predicted molar refractivity (Wildman–Crippen MR) is 110 cm³/mol. The van der Waals surface area contributed by atoms with E-state index in [4.69, 9.17) is 0 Å². The number of nitrogens with one attached hydrogen (secondary N) is 2. The molecular weight excluding hydrogens is 371 g/mol. The summed E-state index contributed by atoms with van der Waals surface area (Å²) in [7, 11) is 0. The topological polar surface area (TPSA) is 84.0 Å². The number of benzene rings is 2. The van der Waals surface area contributed by atoms with E-state index in [-0.39, 0.29) is 17.5 Å². The van der Waals surface area contributed by atoms with Gasteiger partial charge < -0.3 is 10.6 Å². The largest absolute Gasteiger partial charge is 0.345 e. The van der Waals surface area contributed by atoms with Gasteiger partial charge in [0.2, 0.25) is 5.91 Å². The summed E-state index contributed by atoms with van der Waals surface area (Å²) in [6, 6.07) is 9.34. The Kier molecular flexibility index (Phi) is 5.87. The lowest BCUT2D eigenvalue weighted by molar-refractivity contribution is -0.115. The molecule has 7 heteroatoms. The summed E-state index contributed by atoms with van der Waals surface area (Å²) in [5.74, 6) is -1.03. The van der Waals surface area contributed by atoms with Gasteiger partial charge in [0.15, 0.2) is 0 Å². The minimum atomic E-state index is -0.538. The van der Waals surface area contributed by atoms with Crippen LogP contribution in [-0.2, 0) is 4.79 Å². The Balaban J connectivity index is 1.83. The molecule has 0 aliphatic rings. The Labute approximate surface area is 168 Å². The number of anilines is 1. The molecule has 1 aromatic heterocycles. The number of nitrogens with zero attached hydrogens (tertiary/aromatic N) is 2. The van der Waals surface area contributed by atoms with Crippen LogP contribution in [0.15, 0.2) is 36.4 Å². The molecule has 6 nitrogen and oxygen atoms in total. The molecule has 3 aromatic rings. The van der Waals surface area contributed by atoms with Crippen LogP contribution in [0.25, 0.3) is 11.0 Å². The molecule has 2 amide bonds. The van der Waals surface area contributed by atoms with E-state index in [9.17, 15) is 14.0 Å². The van der Waals surface area contributed by atoms with Gasteiger partial charge in [0.05, 0.1) is 28.5 Å². The molecule has 1 heterocycles. The normalized spacial score (nSPS) is 11.9. The van der Waals surface area contributed by atoms with Crippen LogP contribution < -0.4 is 10.6 Å². The monoisotopic (exact) mass is 394 g/mol. The summed E-state index contributed by atoms with van der Waals surface area (Å²) in [5.41, 5.74) is 3.80. The van der Waals surface area contributed by atoms with Crippen molar-refractivity contribution in [2.24, 2.45) is 0 Å². The van der Waals surface area contributed by atoms with Gasteiger partial charge in [-0.15, -0.1) is 0 Å². The van der Waals surface area contributed by atoms with Crippen LogP contribution in [0.1, 0.15) is 53.6 Å². The number of aryl methyl sites for hydroxylation is 2. The molecule has 0 radical (unpaired) electrons. The minimum absolute atomic E-state index is 0.0660. The van der Waals surface area contributed by atoms with Crippen molar-refractivity contribution in [2.45, 2.75) is 40.2 Å². The van der Waals surface area contributed by atoms with Gasteiger partial charge in [0, 0.05) is 18.2 Å². The van der Waals surface area contributed by atoms with E-state index in [0.717, 1.165) is 5.56 Å². The van der Waals surface area contributed by atoms with Crippen LogP contribution >= 0.6 is 0 Å².